The Kier molecular flexibility index (Phi) is 5.15. The zero-order valence-corrected chi connectivity index (χ0v) is 12.2. The van der Waals surface area contributed by atoms with Gasteiger partial charge < -0.3 is 10.1 Å². The van der Waals surface area contributed by atoms with Crippen molar-refractivity contribution in [3.05, 3.63) is 27.7 Å². The van der Waals surface area contributed by atoms with Gasteiger partial charge in [0.1, 0.15) is 6.61 Å². The van der Waals surface area contributed by atoms with Gasteiger partial charge in [0.2, 0.25) is 5.91 Å². The second-order valence-corrected chi connectivity index (χ2v) is 5.24. The van der Waals surface area contributed by atoms with Crippen LogP contribution in [-0.2, 0) is 9.53 Å². The van der Waals surface area contributed by atoms with Crippen LogP contribution in [0.4, 0.5) is 5.69 Å². The molecular formula is C13H18BrNO2. The van der Waals surface area contributed by atoms with Crippen molar-refractivity contribution in [1.29, 1.82) is 0 Å². The molecule has 1 aromatic carbocycles. The maximum absolute atomic E-state index is 11.7. The van der Waals surface area contributed by atoms with Crippen molar-refractivity contribution in [2.24, 2.45) is 0 Å². The molecular weight excluding hydrogens is 282 g/mol. The van der Waals surface area contributed by atoms with E-state index in [2.05, 4.69) is 21.2 Å². The lowest BCUT2D eigenvalue weighted by molar-refractivity contribution is -0.121. The average molecular weight is 300 g/mol. The Morgan fingerprint density at radius 3 is 2.35 bits per heavy atom. The molecule has 1 N–H and O–H groups in total. The van der Waals surface area contributed by atoms with Crippen molar-refractivity contribution < 1.29 is 9.53 Å². The molecule has 0 bridgehead atoms. The molecule has 94 valence electrons. The fourth-order valence-corrected chi connectivity index (χ4v) is 2.21. The van der Waals surface area contributed by atoms with Crippen molar-refractivity contribution in [2.75, 3.05) is 11.9 Å². The SMILES string of the molecule is Cc1cc(Br)cc(C)c1NC(=O)COC(C)C. The van der Waals surface area contributed by atoms with Crippen LogP contribution in [0, 0.1) is 13.8 Å². The molecule has 3 nitrogen and oxygen atoms in total. The van der Waals surface area contributed by atoms with Crippen molar-refractivity contribution >= 4 is 27.5 Å². The van der Waals surface area contributed by atoms with Gasteiger partial charge in [-0.2, -0.15) is 0 Å². The standard InChI is InChI=1S/C13H18BrNO2/c1-8(2)17-7-12(16)15-13-9(3)5-11(14)6-10(13)4/h5-6,8H,7H2,1-4H3,(H,15,16). The molecule has 0 fully saturated rings. The minimum absolute atomic E-state index is 0.0628. The third-order valence-corrected chi connectivity index (χ3v) is 2.77. The first-order chi connectivity index (χ1) is 7.90. The largest absolute Gasteiger partial charge is 0.369 e. The maximum Gasteiger partial charge on any atom is 0.250 e. The molecule has 0 unspecified atom stereocenters. The molecule has 0 atom stereocenters. The third kappa shape index (κ3) is 4.48. The van der Waals surface area contributed by atoms with Gasteiger partial charge in [-0.25, -0.2) is 0 Å². The van der Waals surface area contributed by atoms with Gasteiger partial charge in [0.05, 0.1) is 6.10 Å². The number of carbonyl (C=O) groups is 1. The number of carbonyl (C=O) groups excluding carboxylic acids is 1. The smallest absolute Gasteiger partial charge is 0.250 e. The van der Waals surface area contributed by atoms with Gasteiger partial charge in [-0.1, -0.05) is 15.9 Å². The number of nitrogens with one attached hydrogen (secondary N) is 1. The third-order valence-electron chi connectivity index (χ3n) is 2.31. The lowest BCUT2D eigenvalue weighted by Gasteiger charge is -2.13. The highest BCUT2D eigenvalue weighted by molar-refractivity contribution is 9.10. The van der Waals surface area contributed by atoms with E-state index >= 15 is 0 Å². The summed E-state index contributed by atoms with van der Waals surface area (Å²) in [5.41, 5.74) is 2.94. The minimum Gasteiger partial charge on any atom is -0.369 e. The monoisotopic (exact) mass is 299 g/mol. The van der Waals surface area contributed by atoms with E-state index in [-0.39, 0.29) is 18.6 Å². The molecule has 1 amide bonds. The minimum atomic E-state index is -0.118. The van der Waals surface area contributed by atoms with E-state index in [1.54, 1.807) is 0 Å². The summed E-state index contributed by atoms with van der Waals surface area (Å²) >= 11 is 3.43. The number of benzene rings is 1. The molecule has 0 saturated carbocycles. The molecule has 0 heterocycles. The molecule has 17 heavy (non-hydrogen) atoms. The van der Waals surface area contributed by atoms with E-state index in [9.17, 15) is 4.79 Å². The first-order valence-electron chi connectivity index (χ1n) is 5.58. The van der Waals surface area contributed by atoms with E-state index in [0.29, 0.717) is 0 Å². The molecule has 0 aliphatic carbocycles. The first kappa shape index (κ1) is 14.2. The molecule has 0 spiro atoms. The Morgan fingerprint density at radius 1 is 1.35 bits per heavy atom. The molecule has 0 saturated heterocycles. The molecule has 0 aliphatic heterocycles. The predicted molar refractivity (Wildman–Crippen MR) is 73.3 cm³/mol. The van der Waals surface area contributed by atoms with Crippen LogP contribution in [0.15, 0.2) is 16.6 Å². The number of amides is 1. The van der Waals surface area contributed by atoms with Crippen LogP contribution in [0.2, 0.25) is 0 Å². The van der Waals surface area contributed by atoms with Crippen LogP contribution in [0.1, 0.15) is 25.0 Å². The zero-order valence-electron chi connectivity index (χ0n) is 10.6. The number of hydrogen-bond acceptors (Lipinski definition) is 2. The Morgan fingerprint density at radius 2 is 1.88 bits per heavy atom. The van der Waals surface area contributed by atoms with Gasteiger partial charge in [0, 0.05) is 10.2 Å². The number of anilines is 1. The van der Waals surface area contributed by atoms with Crippen LogP contribution >= 0.6 is 15.9 Å². The second-order valence-electron chi connectivity index (χ2n) is 4.32. The summed E-state index contributed by atoms with van der Waals surface area (Å²) < 4.78 is 6.28. The van der Waals surface area contributed by atoms with Crippen LogP contribution in [0.25, 0.3) is 0 Å². The van der Waals surface area contributed by atoms with Crippen molar-refractivity contribution in [3.8, 4) is 0 Å². The van der Waals surface area contributed by atoms with E-state index < -0.39 is 0 Å². The summed E-state index contributed by atoms with van der Waals surface area (Å²) in [5.74, 6) is -0.118. The van der Waals surface area contributed by atoms with Gasteiger partial charge in [-0.3, -0.25) is 4.79 Å². The number of rotatable bonds is 4. The molecule has 0 radical (unpaired) electrons. The zero-order chi connectivity index (χ0) is 13.0. The topological polar surface area (TPSA) is 38.3 Å². The van der Waals surface area contributed by atoms with Gasteiger partial charge >= 0.3 is 0 Å². The molecule has 1 aromatic rings. The predicted octanol–water partition coefficient (Wildman–Crippen LogP) is 3.43. The van der Waals surface area contributed by atoms with Crippen LogP contribution in [0.5, 0.6) is 0 Å². The van der Waals surface area contributed by atoms with Gasteiger partial charge in [-0.05, 0) is 51.0 Å². The Balaban J connectivity index is 2.72. The number of ether oxygens (including phenoxy) is 1. The van der Waals surface area contributed by atoms with Crippen LogP contribution in [-0.4, -0.2) is 18.6 Å². The lowest BCUT2D eigenvalue weighted by Crippen LogP contribution is -2.21. The highest BCUT2D eigenvalue weighted by atomic mass is 79.9. The summed E-state index contributed by atoms with van der Waals surface area (Å²) in [6, 6.07) is 3.96. The van der Waals surface area contributed by atoms with E-state index in [1.807, 2.05) is 39.8 Å². The van der Waals surface area contributed by atoms with Crippen molar-refractivity contribution in [2.45, 2.75) is 33.8 Å². The highest BCUT2D eigenvalue weighted by Crippen LogP contribution is 2.24. The Bertz CT molecular complexity index is 393. The van der Waals surface area contributed by atoms with Crippen LogP contribution in [0.3, 0.4) is 0 Å². The number of halogens is 1. The normalized spacial score (nSPS) is 10.7. The van der Waals surface area contributed by atoms with E-state index in [1.165, 1.54) is 0 Å². The summed E-state index contributed by atoms with van der Waals surface area (Å²) in [6.45, 7) is 7.84. The average Bonchev–Trinajstić information content (AvgIpc) is 2.20. The maximum atomic E-state index is 11.7. The molecule has 4 heteroatoms. The fraction of sp³-hybridized carbons (Fsp3) is 0.462. The van der Waals surface area contributed by atoms with Gasteiger partial charge in [0.15, 0.2) is 0 Å². The Hall–Kier alpha value is -0.870. The molecule has 0 aromatic heterocycles. The molecule has 0 aliphatic rings. The van der Waals surface area contributed by atoms with E-state index in [4.69, 9.17) is 4.74 Å². The highest BCUT2D eigenvalue weighted by Gasteiger charge is 2.09. The summed E-state index contributed by atoms with van der Waals surface area (Å²) in [7, 11) is 0. The second kappa shape index (κ2) is 6.17. The lowest BCUT2D eigenvalue weighted by atomic mass is 10.1. The van der Waals surface area contributed by atoms with Crippen molar-refractivity contribution in [1.82, 2.24) is 0 Å². The van der Waals surface area contributed by atoms with E-state index in [0.717, 1.165) is 21.3 Å². The number of aryl methyl sites for hydroxylation is 2. The Labute approximate surface area is 111 Å². The summed E-state index contributed by atoms with van der Waals surface area (Å²) in [5, 5.41) is 2.88. The van der Waals surface area contributed by atoms with Crippen molar-refractivity contribution in [3.63, 3.8) is 0 Å². The summed E-state index contributed by atoms with van der Waals surface area (Å²) in [6.07, 6.45) is 0.0628. The number of hydrogen-bond donors (Lipinski definition) is 1. The fourth-order valence-electron chi connectivity index (χ4n) is 1.53. The van der Waals surface area contributed by atoms with Crippen LogP contribution < -0.4 is 5.32 Å². The van der Waals surface area contributed by atoms with Gasteiger partial charge in [0.25, 0.3) is 0 Å². The summed E-state index contributed by atoms with van der Waals surface area (Å²) in [4.78, 5) is 11.7. The quantitative estimate of drug-likeness (QED) is 0.925. The van der Waals surface area contributed by atoms with Gasteiger partial charge in [-0.15, -0.1) is 0 Å². The molecule has 1 rings (SSSR count). The first-order valence-corrected chi connectivity index (χ1v) is 6.37.